The van der Waals surface area contributed by atoms with Crippen LogP contribution in [0.2, 0.25) is 0 Å². The van der Waals surface area contributed by atoms with Gasteiger partial charge < -0.3 is 14.2 Å². The van der Waals surface area contributed by atoms with Gasteiger partial charge >= 0.3 is 0 Å². The molecule has 0 aromatic carbocycles. The van der Waals surface area contributed by atoms with Gasteiger partial charge in [0.2, 0.25) is 5.91 Å². The second-order valence-electron chi connectivity index (χ2n) is 8.04. The zero-order chi connectivity index (χ0) is 18.4. The summed E-state index contributed by atoms with van der Waals surface area (Å²) < 4.78 is 5.31. The number of thiazole rings is 1. The highest BCUT2D eigenvalue weighted by Crippen LogP contribution is 2.51. The summed E-state index contributed by atoms with van der Waals surface area (Å²) in [4.78, 5) is 34.7. The van der Waals surface area contributed by atoms with Crippen LogP contribution in [0, 0.1) is 11.3 Å². The summed E-state index contributed by atoms with van der Waals surface area (Å²) in [7, 11) is 0. The lowest BCUT2D eigenvalue weighted by atomic mass is 9.76. The number of hydrogen-bond donors (Lipinski definition) is 0. The number of rotatable bonds is 4. The number of carbonyl (C=O) groups excluding carboxylic acids is 2. The van der Waals surface area contributed by atoms with E-state index in [0.29, 0.717) is 24.8 Å². The summed E-state index contributed by atoms with van der Waals surface area (Å²) in [5.41, 5.74) is -0.538. The van der Waals surface area contributed by atoms with Gasteiger partial charge in [-0.3, -0.25) is 9.59 Å². The molecule has 5 rings (SSSR count). The van der Waals surface area contributed by atoms with Crippen molar-refractivity contribution >= 4 is 23.2 Å². The molecule has 27 heavy (non-hydrogen) atoms. The third-order valence-corrected chi connectivity index (χ3v) is 7.45. The summed E-state index contributed by atoms with van der Waals surface area (Å²) >= 11 is 1.58. The fourth-order valence-electron chi connectivity index (χ4n) is 4.83. The fraction of sp³-hybridized carbons (Fsp3) is 0.550. The number of hydrogen-bond acceptors (Lipinski definition) is 5. The van der Waals surface area contributed by atoms with Gasteiger partial charge in [0.15, 0.2) is 5.76 Å². The second-order valence-corrected chi connectivity index (χ2v) is 8.97. The van der Waals surface area contributed by atoms with Crippen LogP contribution in [0.25, 0.3) is 0 Å². The number of carbonyl (C=O) groups is 2. The molecule has 3 fully saturated rings. The SMILES string of the molecule is O=C(c1ccco1)N1C[C@H](c2nccs2)[C@@]2(CCN(CC3CCC3)C2=O)C1. The zero-order valence-electron chi connectivity index (χ0n) is 15.2. The molecule has 2 saturated heterocycles. The molecule has 2 amide bonds. The molecule has 3 aliphatic rings. The second kappa shape index (κ2) is 6.48. The van der Waals surface area contributed by atoms with E-state index < -0.39 is 5.41 Å². The molecule has 1 aliphatic carbocycles. The Balaban J connectivity index is 1.43. The minimum absolute atomic E-state index is 0.0321. The first-order chi connectivity index (χ1) is 13.2. The van der Waals surface area contributed by atoms with Gasteiger partial charge in [-0.15, -0.1) is 11.3 Å². The van der Waals surface area contributed by atoms with Gasteiger partial charge in [-0.2, -0.15) is 0 Å². The van der Waals surface area contributed by atoms with Gasteiger partial charge in [0, 0.05) is 43.7 Å². The van der Waals surface area contributed by atoms with Crippen molar-refractivity contribution in [2.45, 2.75) is 31.6 Å². The smallest absolute Gasteiger partial charge is 0.289 e. The average molecular weight is 385 g/mol. The van der Waals surface area contributed by atoms with Crippen molar-refractivity contribution in [2.75, 3.05) is 26.2 Å². The Kier molecular flexibility index (Phi) is 4.07. The maximum Gasteiger partial charge on any atom is 0.289 e. The van der Waals surface area contributed by atoms with Crippen molar-refractivity contribution in [2.24, 2.45) is 11.3 Å². The summed E-state index contributed by atoms with van der Waals surface area (Å²) in [6, 6.07) is 3.41. The van der Waals surface area contributed by atoms with Crippen LogP contribution in [-0.4, -0.2) is 52.8 Å². The molecular formula is C20H23N3O3S. The van der Waals surface area contributed by atoms with Crippen LogP contribution in [0.3, 0.4) is 0 Å². The Bertz CT molecular complexity index is 831. The average Bonchev–Trinajstić information content (AvgIpc) is 3.42. The number of furan rings is 1. The molecule has 2 aromatic heterocycles. The number of aromatic nitrogens is 1. The molecule has 0 N–H and O–H groups in total. The Hall–Kier alpha value is -2.15. The number of likely N-dealkylation sites (tertiary alicyclic amines) is 2. The lowest BCUT2D eigenvalue weighted by Gasteiger charge is -2.32. The van der Waals surface area contributed by atoms with Crippen LogP contribution in [-0.2, 0) is 4.79 Å². The topological polar surface area (TPSA) is 66.7 Å². The van der Waals surface area contributed by atoms with E-state index in [1.807, 2.05) is 10.3 Å². The molecule has 0 radical (unpaired) electrons. The molecule has 0 bridgehead atoms. The van der Waals surface area contributed by atoms with Crippen LogP contribution >= 0.6 is 11.3 Å². The van der Waals surface area contributed by atoms with Gasteiger partial charge in [0.05, 0.1) is 16.7 Å². The number of amides is 2. The maximum absolute atomic E-state index is 13.5. The third-order valence-electron chi connectivity index (χ3n) is 6.56. The monoisotopic (exact) mass is 385 g/mol. The van der Waals surface area contributed by atoms with Crippen molar-refractivity contribution in [3.63, 3.8) is 0 Å². The van der Waals surface area contributed by atoms with Crippen LogP contribution in [0.5, 0.6) is 0 Å². The van der Waals surface area contributed by atoms with E-state index in [9.17, 15) is 9.59 Å². The van der Waals surface area contributed by atoms with E-state index in [0.717, 1.165) is 24.5 Å². The van der Waals surface area contributed by atoms with Crippen molar-refractivity contribution in [1.82, 2.24) is 14.8 Å². The molecular weight excluding hydrogens is 362 g/mol. The molecule has 2 aliphatic heterocycles. The fourth-order valence-corrected chi connectivity index (χ4v) is 5.68. The Morgan fingerprint density at radius 1 is 1.41 bits per heavy atom. The van der Waals surface area contributed by atoms with Crippen molar-refractivity contribution in [1.29, 1.82) is 0 Å². The summed E-state index contributed by atoms with van der Waals surface area (Å²) in [6.45, 7) is 2.64. The van der Waals surface area contributed by atoms with Crippen LogP contribution < -0.4 is 0 Å². The Morgan fingerprint density at radius 3 is 2.96 bits per heavy atom. The molecule has 0 unspecified atom stereocenters. The lowest BCUT2D eigenvalue weighted by Crippen LogP contribution is -2.42. The maximum atomic E-state index is 13.5. The van der Waals surface area contributed by atoms with E-state index in [4.69, 9.17) is 4.42 Å². The van der Waals surface area contributed by atoms with E-state index in [2.05, 4.69) is 4.98 Å². The minimum atomic E-state index is -0.538. The third kappa shape index (κ3) is 2.71. The van der Waals surface area contributed by atoms with Gasteiger partial charge in [-0.05, 0) is 37.3 Å². The van der Waals surface area contributed by atoms with Gasteiger partial charge in [0.1, 0.15) is 0 Å². The molecule has 2 atom stereocenters. The lowest BCUT2D eigenvalue weighted by molar-refractivity contribution is -0.136. The van der Waals surface area contributed by atoms with Crippen molar-refractivity contribution in [3.05, 3.63) is 40.7 Å². The Labute approximate surface area is 162 Å². The van der Waals surface area contributed by atoms with Gasteiger partial charge in [0.25, 0.3) is 5.91 Å². The van der Waals surface area contributed by atoms with Crippen LogP contribution in [0.1, 0.15) is 47.2 Å². The van der Waals surface area contributed by atoms with Gasteiger partial charge in [-0.1, -0.05) is 6.42 Å². The standard InChI is InChI=1S/C20H23N3O3S/c24-18(16-5-2-9-26-16)23-12-15(17-21-7-10-27-17)20(13-23)6-8-22(19(20)25)11-14-3-1-4-14/h2,5,7,9-10,14-15H,1,3-4,6,8,11-13H2/t15-,20-/m1/s1. The summed E-state index contributed by atoms with van der Waals surface area (Å²) in [5, 5.41) is 2.91. The molecule has 2 aromatic rings. The largest absolute Gasteiger partial charge is 0.459 e. The first-order valence-electron chi connectivity index (χ1n) is 9.69. The van der Waals surface area contributed by atoms with Crippen molar-refractivity contribution < 1.29 is 14.0 Å². The van der Waals surface area contributed by atoms with Crippen LogP contribution in [0.15, 0.2) is 34.4 Å². The molecule has 1 saturated carbocycles. The zero-order valence-corrected chi connectivity index (χ0v) is 16.0. The molecule has 7 heteroatoms. The van der Waals surface area contributed by atoms with E-state index in [1.54, 1.807) is 34.6 Å². The first kappa shape index (κ1) is 17.0. The van der Waals surface area contributed by atoms with Crippen molar-refractivity contribution in [3.8, 4) is 0 Å². The summed E-state index contributed by atoms with van der Waals surface area (Å²) in [5.74, 6) is 1.04. The minimum Gasteiger partial charge on any atom is -0.459 e. The first-order valence-corrected chi connectivity index (χ1v) is 10.6. The Morgan fingerprint density at radius 2 is 2.30 bits per heavy atom. The predicted molar refractivity (Wildman–Crippen MR) is 100 cm³/mol. The quantitative estimate of drug-likeness (QED) is 0.811. The summed E-state index contributed by atoms with van der Waals surface area (Å²) in [6.07, 6.45) is 7.84. The van der Waals surface area contributed by atoms with Crippen LogP contribution in [0.4, 0.5) is 0 Å². The number of nitrogens with zero attached hydrogens (tertiary/aromatic N) is 3. The predicted octanol–water partition coefficient (Wildman–Crippen LogP) is 2.99. The normalized spacial score (nSPS) is 28.3. The van der Waals surface area contributed by atoms with E-state index in [1.165, 1.54) is 25.5 Å². The van der Waals surface area contributed by atoms with E-state index in [-0.39, 0.29) is 17.7 Å². The highest BCUT2D eigenvalue weighted by molar-refractivity contribution is 7.09. The van der Waals surface area contributed by atoms with E-state index >= 15 is 0 Å². The van der Waals surface area contributed by atoms with Gasteiger partial charge in [-0.25, -0.2) is 4.98 Å². The molecule has 4 heterocycles. The molecule has 142 valence electrons. The molecule has 1 spiro atoms. The highest BCUT2D eigenvalue weighted by Gasteiger charge is 2.59. The highest BCUT2D eigenvalue weighted by atomic mass is 32.1. The molecule has 6 nitrogen and oxygen atoms in total.